The topological polar surface area (TPSA) is 38.7 Å². The molecule has 214 valence electrons. The van der Waals surface area contributed by atoms with Gasteiger partial charge in [0.25, 0.3) is 0 Å². The van der Waals surface area contributed by atoms with Gasteiger partial charge in [-0.25, -0.2) is 15.0 Å². The standard InChI is InChI=1S/C42H31N3/c1-42(2)36-27-13-12-22-32(36)33-24-15-25-34(38(33)42)37-31(28-16-6-3-7-17-28)23-14-26-35(37)41-44-39(29-18-8-4-9-19-29)43-40(45-41)30-20-10-5-11-21-30/h3-27H,1-2H3. The quantitative estimate of drug-likeness (QED) is 0.204. The van der Waals surface area contributed by atoms with Crippen LogP contribution in [0.15, 0.2) is 152 Å². The molecular weight excluding hydrogens is 546 g/mol. The molecule has 0 N–H and O–H groups in total. The molecular formula is C42H31N3. The first-order valence-electron chi connectivity index (χ1n) is 15.4. The molecule has 45 heavy (non-hydrogen) atoms. The van der Waals surface area contributed by atoms with E-state index >= 15 is 0 Å². The number of fused-ring (bicyclic) bond motifs is 3. The Kier molecular flexibility index (Phi) is 6.46. The minimum absolute atomic E-state index is 0.187. The van der Waals surface area contributed by atoms with Crippen molar-refractivity contribution in [2.24, 2.45) is 0 Å². The third-order valence-corrected chi connectivity index (χ3v) is 8.94. The largest absolute Gasteiger partial charge is 0.208 e. The van der Waals surface area contributed by atoms with E-state index in [-0.39, 0.29) is 5.41 Å². The highest BCUT2D eigenvalue weighted by atomic mass is 15.0. The first-order chi connectivity index (χ1) is 22.1. The Morgan fingerprint density at radius 3 is 1.42 bits per heavy atom. The fourth-order valence-corrected chi connectivity index (χ4v) is 6.87. The lowest BCUT2D eigenvalue weighted by Crippen LogP contribution is -2.16. The van der Waals surface area contributed by atoms with E-state index in [1.165, 1.54) is 27.8 Å². The molecule has 0 bridgehead atoms. The van der Waals surface area contributed by atoms with Crippen molar-refractivity contribution >= 4 is 0 Å². The number of aromatic nitrogens is 3. The second-order valence-electron chi connectivity index (χ2n) is 12.0. The Bertz CT molecular complexity index is 2110. The van der Waals surface area contributed by atoms with Gasteiger partial charge in [-0.05, 0) is 38.9 Å². The molecule has 0 unspecified atom stereocenters. The zero-order valence-electron chi connectivity index (χ0n) is 25.3. The molecule has 0 radical (unpaired) electrons. The molecule has 0 saturated heterocycles. The van der Waals surface area contributed by atoms with Crippen LogP contribution in [0.1, 0.15) is 25.0 Å². The summed E-state index contributed by atoms with van der Waals surface area (Å²) >= 11 is 0. The van der Waals surface area contributed by atoms with Gasteiger partial charge in [0, 0.05) is 27.7 Å². The van der Waals surface area contributed by atoms with Crippen molar-refractivity contribution in [1.82, 2.24) is 15.0 Å². The molecule has 0 atom stereocenters. The van der Waals surface area contributed by atoms with E-state index in [9.17, 15) is 0 Å². The van der Waals surface area contributed by atoms with Crippen LogP contribution in [0.2, 0.25) is 0 Å². The van der Waals surface area contributed by atoms with Crippen molar-refractivity contribution in [2.45, 2.75) is 19.3 Å². The van der Waals surface area contributed by atoms with Gasteiger partial charge in [0.2, 0.25) is 0 Å². The first kappa shape index (κ1) is 26.9. The van der Waals surface area contributed by atoms with Gasteiger partial charge in [0.15, 0.2) is 17.5 Å². The summed E-state index contributed by atoms with van der Waals surface area (Å²) in [4.78, 5) is 15.3. The molecule has 0 amide bonds. The number of nitrogens with zero attached hydrogens (tertiary/aromatic N) is 3. The Morgan fingerprint density at radius 2 is 0.800 bits per heavy atom. The molecule has 1 heterocycles. The third kappa shape index (κ3) is 4.56. The molecule has 6 aromatic carbocycles. The van der Waals surface area contributed by atoms with E-state index in [0.717, 1.165) is 33.4 Å². The van der Waals surface area contributed by atoms with Crippen LogP contribution >= 0.6 is 0 Å². The lowest BCUT2D eigenvalue weighted by molar-refractivity contribution is 0.662. The smallest absolute Gasteiger partial charge is 0.164 e. The average Bonchev–Trinajstić information content (AvgIpc) is 3.35. The second kappa shape index (κ2) is 10.8. The van der Waals surface area contributed by atoms with Crippen molar-refractivity contribution in [3.05, 3.63) is 163 Å². The van der Waals surface area contributed by atoms with Crippen molar-refractivity contribution < 1.29 is 0 Å². The molecule has 1 aliphatic carbocycles. The maximum absolute atomic E-state index is 5.17. The SMILES string of the molecule is CC1(C)c2ccccc2-c2cccc(-c3c(-c4ccccc4)cccc3-c3nc(-c4ccccc4)nc(-c4ccccc4)n3)c21. The Labute approximate surface area is 264 Å². The fraction of sp³-hybridized carbons (Fsp3) is 0.0714. The summed E-state index contributed by atoms with van der Waals surface area (Å²) in [6, 6.07) is 53.0. The summed E-state index contributed by atoms with van der Waals surface area (Å²) in [5.41, 5.74) is 12.6. The molecule has 0 spiro atoms. The molecule has 8 rings (SSSR count). The van der Waals surface area contributed by atoms with Crippen LogP contribution in [-0.4, -0.2) is 15.0 Å². The van der Waals surface area contributed by atoms with Crippen LogP contribution in [-0.2, 0) is 5.41 Å². The Morgan fingerprint density at radius 1 is 0.356 bits per heavy atom. The summed E-state index contributed by atoms with van der Waals surface area (Å²) in [7, 11) is 0. The molecule has 1 aliphatic rings. The molecule has 3 heteroatoms. The highest BCUT2D eigenvalue weighted by molar-refractivity contribution is 5.98. The van der Waals surface area contributed by atoms with Crippen LogP contribution in [0.5, 0.6) is 0 Å². The Hall–Kier alpha value is -5.67. The van der Waals surface area contributed by atoms with Crippen LogP contribution in [0, 0.1) is 0 Å². The fourth-order valence-electron chi connectivity index (χ4n) is 6.87. The monoisotopic (exact) mass is 577 g/mol. The highest BCUT2D eigenvalue weighted by Gasteiger charge is 2.38. The van der Waals surface area contributed by atoms with Crippen molar-refractivity contribution in [1.29, 1.82) is 0 Å². The summed E-state index contributed by atoms with van der Waals surface area (Å²) in [6.45, 7) is 4.69. The van der Waals surface area contributed by atoms with E-state index < -0.39 is 0 Å². The van der Waals surface area contributed by atoms with Gasteiger partial charge in [-0.3, -0.25) is 0 Å². The predicted octanol–water partition coefficient (Wildman–Crippen LogP) is 10.5. The van der Waals surface area contributed by atoms with E-state index in [0.29, 0.717) is 17.5 Å². The first-order valence-corrected chi connectivity index (χ1v) is 15.4. The average molecular weight is 578 g/mol. The normalized spacial score (nSPS) is 12.8. The van der Waals surface area contributed by atoms with Crippen LogP contribution < -0.4 is 0 Å². The minimum Gasteiger partial charge on any atom is -0.208 e. The van der Waals surface area contributed by atoms with Gasteiger partial charge in [-0.15, -0.1) is 0 Å². The summed E-state index contributed by atoms with van der Waals surface area (Å²) in [6.07, 6.45) is 0. The molecule has 7 aromatic rings. The van der Waals surface area contributed by atoms with E-state index in [1.807, 2.05) is 36.4 Å². The third-order valence-electron chi connectivity index (χ3n) is 8.94. The number of hydrogen-bond donors (Lipinski definition) is 0. The zero-order valence-corrected chi connectivity index (χ0v) is 25.3. The number of hydrogen-bond acceptors (Lipinski definition) is 3. The van der Waals surface area contributed by atoms with Gasteiger partial charge >= 0.3 is 0 Å². The van der Waals surface area contributed by atoms with Gasteiger partial charge < -0.3 is 0 Å². The van der Waals surface area contributed by atoms with Gasteiger partial charge in [-0.1, -0.05) is 166 Å². The maximum Gasteiger partial charge on any atom is 0.164 e. The number of benzene rings is 6. The number of rotatable bonds is 5. The van der Waals surface area contributed by atoms with E-state index in [2.05, 4.69) is 129 Å². The molecule has 0 fully saturated rings. The summed E-state index contributed by atoms with van der Waals surface area (Å²) in [5, 5.41) is 0. The maximum atomic E-state index is 5.17. The van der Waals surface area contributed by atoms with Gasteiger partial charge in [-0.2, -0.15) is 0 Å². The molecule has 1 aromatic heterocycles. The van der Waals surface area contributed by atoms with Gasteiger partial charge in [0.05, 0.1) is 0 Å². The predicted molar refractivity (Wildman–Crippen MR) is 185 cm³/mol. The van der Waals surface area contributed by atoms with Gasteiger partial charge in [0.1, 0.15) is 0 Å². The molecule has 0 saturated carbocycles. The summed E-state index contributed by atoms with van der Waals surface area (Å²) in [5.74, 6) is 1.96. The van der Waals surface area contributed by atoms with Crippen LogP contribution in [0.25, 0.3) is 67.5 Å². The van der Waals surface area contributed by atoms with Crippen molar-refractivity contribution in [3.8, 4) is 67.5 Å². The second-order valence-corrected chi connectivity index (χ2v) is 12.0. The zero-order chi connectivity index (χ0) is 30.4. The van der Waals surface area contributed by atoms with Crippen LogP contribution in [0.4, 0.5) is 0 Å². The lowest BCUT2D eigenvalue weighted by atomic mass is 9.77. The van der Waals surface area contributed by atoms with E-state index in [1.54, 1.807) is 0 Å². The van der Waals surface area contributed by atoms with E-state index in [4.69, 9.17) is 15.0 Å². The lowest BCUT2D eigenvalue weighted by Gasteiger charge is -2.26. The van der Waals surface area contributed by atoms with Crippen molar-refractivity contribution in [3.63, 3.8) is 0 Å². The van der Waals surface area contributed by atoms with Crippen molar-refractivity contribution in [2.75, 3.05) is 0 Å². The summed E-state index contributed by atoms with van der Waals surface area (Å²) < 4.78 is 0. The molecule has 3 nitrogen and oxygen atoms in total. The molecule has 0 aliphatic heterocycles. The Balaban J connectivity index is 1.45. The van der Waals surface area contributed by atoms with Crippen LogP contribution in [0.3, 0.4) is 0 Å². The minimum atomic E-state index is -0.187. The highest BCUT2D eigenvalue weighted by Crippen LogP contribution is 2.54.